The third-order valence-electron chi connectivity index (χ3n) is 3.56. The average molecular weight is 324 g/mol. The standard InChI is InChI=1S/C14H17ClF3NO2/c15-13-10(5-7-12(19-13)14(16,17)18)11(20)6-4-9-3-1-2-8-21-9/h5,7,9,11,20H,1-4,6,8H2. The molecule has 0 aliphatic carbocycles. The van der Waals surface area contributed by atoms with E-state index in [0.29, 0.717) is 12.8 Å². The second-order valence-corrected chi connectivity index (χ2v) is 5.51. The van der Waals surface area contributed by atoms with E-state index >= 15 is 0 Å². The molecule has 0 amide bonds. The van der Waals surface area contributed by atoms with Gasteiger partial charge in [-0.25, -0.2) is 4.98 Å². The fourth-order valence-corrected chi connectivity index (χ4v) is 2.67. The summed E-state index contributed by atoms with van der Waals surface area (Å²) in [5.74, 6) is 0. The van der Waals surface area contributed by atoms with Gasteiger partial charge in [-0.3, -0.25) is 0 Å². The van der Waals surface area contributed by atoms with Gasteiger partial charge in [0.1, 0.15) is 10.8 Å². The molecule has 2 atom stereocenters. The molecular weight excluding hydrogens is 307 g/mol. The van der Waals surface area contributed by atoms with Gasteiger partial charge in [0.25, 0.3) is 0 Å². The molecule has 1 aromatic rings. The first-order valence-corrected chi connectivity index (χ1v) is 7.29. The van der Waals surface area contributed by atoms with Crippen LogP contribution >= 0.6 is 11.6 Å². The molecule has 0 spiro atoms. The first-order chi connectivity index (χ1) is 9.88. The van der Waals surface area contributed by atoms with Crippen molar-refractivity contribution in [1.29, 1.82) is 0 Å². The van der Waals surface area contributed by atoms with E-state index in [9.17, 15) is 18.3 Å². The first-order valence-electron chi connectivity index (χ1n) is 6.91. The van der Waals surface area contributed by atoms with Crippen molar-refractivity contribution in [2.24, 2.45) is 0 Å². The second kappa shape index (κ2) is 6.94. The number of aliphatic hydroxyl groups is 1. The molecule has 1 aliphatic rings. The Balaban J connectivity index is 1.97. The number of rotatable bonds is 4. The van der Waals surface area contributed by atoms with Gasteiger partial charge in [-0.2, -0.15) is 13.2 Å². The van der Waals surface area contributed by atoms with Crippen molar-refractivity contribution in [3.05, 3.63) is 28.5 Å². The summed E-state index contributed by atoms with van der Waals surface area (Å²) in [6.45, 7) is 0.726. The van der Waals surface area contributed by atoms with Gasteiger partial charge in [0.2, 0.25) is 0 Å². The van der Waals surface area contributed by atoms with Crippen molar-refractivity contribution in [3.8, 4) is 0 Å². The molecule has 0 aromatic carbocycles. The zero-order valence-corrected chi connectivity index (χ0v) is 12.1. The van der Waals surface area contributed by atoms with Crippen LogP contribution in [0.25, 0.3) is 0 Å². The Kier molecular flexibility index (Phi) is 5.46. The minimum Gasteiger partial charge on any atom is -0.388 e. The number of nitrogens with zero attached hydrogens (tertiary/aromatic N) is 1. The molecule has 1 N–H and O–H groups in total. The largest absolute Gasteiger partial charge is 0.433 e. The van der Waals surface area contributed by atoms with Crippen molar-refractivity contribution in [1.82, 2.24) is 4.98 Å². The summed E-state index contributed by atoms with van der Waals surface area (Å²) in [4.78, 5) is 3.31. The summed E-state index contributed by atoms with van der Waals surface area (Å²) in [6, 6.07) is 2.02. The maximum atomic E-state index is 12.5. The molecule has 3 nitrogen and oxygen atoms in total. The molecule has 1 fully saturated rings. The number of aromatic nitrogens is 1. The molecule has 21 heavy (non-hydrogen) atoms. The lowest BCUT2D eigenvalue weighted by molar-refractivity contribution is -0.141. The Labute approximate surface area is 126 Å². The maximum absolute atomic E-state index is 12.5. The zero-order chi connectivity index (χ0) is 15.5. The van der Waals surface area contributed by atoms with Crippen LogP contribution in [0.1, 0.15) is 49.5 Å². The lowest BCUT2D eigenvalue weighted by Crippen LogP contribution is -2.19. The van der Waals surface area contributed by atoms with E-state index in [2.05, 4.69) is 4.98 Å². The van der Waals surface area contributed by atoms with Gasteiger partial charge < -0.3 is 9.84 Å². The summed E-state index contributed by atoms with van der Waals surface area (Å²) in [5, 5.41) is 9.76. The van der Waals surface area contributed by atoms with Crippen molar-refractivity contribution in [3.63, 3.8) is 0 Å². The van der Waals surface area contributed by atoms with E-state index in [0.717, 1.165) is 31.9 Å². The van der Waals surface area contributed by atoms with E-state index in [1.54, 1.807) is 0 Å². The second-order valence-electron chi connectivity index (χ2n) is 5.16. The summed E-state index contributed by atoms with van der Waals surface area (Å²) in [6.07, 6.45) is -1.23. The predicted octanol–water partition coefficient (Wildman–Crippen LogP) is 4.14. The Hall–Kier alpha value is -0.850. The Morgan fingerprint density at radius 3 is 2.71 bits per heavy atom. The van der Waals surface area contributed by atoms with Crippen LogP contribution in [0.3, 0.4) is 0 Å². The highest BCUT2D eigenvalue weighted by Gasteiger charge is 2.33. The molecule has 2 heterocycles. The normalized spacial score (nSPS) is 21.3. The minimum absolute atomic E-state index is 0.106. The van der Waals surface area contributed by atoms with Crippen LogP contribution < -0.4 is 0 Å². The Morgan fingerprint density at radius 2 is 2.14 bits per heavy atom. The maximum Gasteiger partial charge on any atom is 0.433 e. The molecule has 0 saturated carbocycles. The monoisotopic (exact) mass is 323 g/mol. The number of hydrogen-bond acceptors (Lipinski definition) is 3. The smallest absolute Gasteiger partial charge is 0.388 e. The van der Waals surface area contributed by atoms with Crippen molar-refractivity contribution in [2.75, 3.05) is 6.61 Å². The highest BCUT2D eigenvalue weighted by Crippen LogP contribution is 2.32. The van der Waals surface area contributed by atoms with E-state index in [4.69, 9.17) is 16.3 Å². The summed E-state index contributed by atoms with van der Waals surface area (Å²) in [5.41, 5.74) is -0.834. The topological polar surface area (TPSA) is 42.4 Å². The molecule has 2 rings (SSSR count). The Morgan fingerprint density at radius 1 is 1.38 bits per heavy atom. The van der Waals surface area contributed by atoms with E-state index in [-0.39, 0.29) is 16.8 Å². The number of pyridine rings is 1. The van der Waals surface area contributed by atoms with Crippen molar-refractivity contribution >= 4 is 11.6 Å². The molecule has 1 aliphatic heterocycles. The van der Waals surface area contributed by atoms with Crippen LogP contribution in [0.15, 0.2) is 12.1 Å². The third-order valence-corrected chi connectivity index (χ3v) is 3.87. The molecule has 1 aromatic heterocycles. The molecule has 0 radical (unpaired) electrons. The SMILES string of the molecule is OC(CCC1CCCCO1)c1ccc(C(F)(F)F)nc1Cl. The minimum atomic E-state index is -4.54. The van der Waals surface area contributed by atoms with E-state index < -0.39 is 18.0 Å². The molecule has 1 saturated heterocycles. The lowest BCUT2D eigenvalue weighted by atomic mass is 10.00. The van der Waals surface area contributed by atoms with E-state index in [1.165, 1.54) is 6.07 Å². The van der Waals surface area contributed by atoms with Gasteiger partial charge in [0.05, 0.1) is 12.2 Å². The lowest BCUT2D eigenvalue weighted by Gasteiger charge is -2.23. The highest BCUT2D eigenvalue weighted by molar-refractivity contribution is 6.30. The molecule has 118 valence electrons. The summed E-state index contributed by atoms with van der Waals surface area (Å²) < 4.78 is 43.0. The van der Waals surface area contributed by atoms with Crippen LogP contribution in [0.2, 0.25) is 5.15 Å². The number of alkyl halides is 3. The van der Waals surface area contributed by atoms with Gasteiger partial charge in [0, 0.05) is 12.2 Å². The number of ether oxygens (including phenoxy) is 1. The zero-order valence-electron chi connectivity index (χ0n) is 11.4. The van der Waals surface area contributed by atoms with Gasteiger partial charge >= 0.3 is 6.18 Å². The van der Waals surface area contributed by atoms with Crippen LogP contribution in [-0.4, -0.2) is 22.8 Å². The van der Waals surface area contributed by atoms with Gasteiger partial charge in [-0.05, 0) is 38.2 Å². The molecular formula is C14H17ClF3NO2. The van der Waals surface area contributed by atoms with E-state index in [1.807, 2.05) is 0 Å². The van der Waals surface area contributed by atoms with Crippen LogP contribution in [0.4, 0.5) is 13.2 Å². The van der Waals surface area contributed by atoms with Crippen LogP contribution in [0, 0.1) is 0 Å². The van der Waals surface area contributed by atoms with Crippen molar-refractivity contribution in [2.45, 2.75) is 50.5 Å². The third kappa shape index (κ3) is 4.56. The molecule has 7 heteroatoms. The first kappa shape index (κ1) is 16.5. The fourth-order valence-electron chi connectivity index (χ4n) is 2.39. The van der Waals surface area contributed by atoms with Gasteiger partial charge in [-0.15, -0.1) is 0 Å². The predicted molar refractivity (Wildman–Crippen MR) is 72.0 cm³/mol. The number of halogens is 4. The molecule has 0 bridgehead atoms. The highest BCUT2D eigenvalue weighted by atomic mass is 35.5. The number of hydrogen-bond donors (Lipinski definition) is 1. The fraction of sp³-hybridized carbons (Fsp3) is 0.643. The average Bonchev–Trinajstić information content (AvgIpc) is 2.45. The van der Waals surface area contributed by atoms with Gasteiger partial charge in [0.15, 0.2) is 0 Å². The Bertz CT molecular complexity index is 476. The van der Waals surface area contributed by atoms with Gasteiger partial charge in [-0.1, -0.05) is 17.7 Å². The van der Waals surface area contributed by atoms with Crippen LogP contribution in [0.5, 0.6) is 0 Å². The summed E-state index contributed by atoms with van der Waals surface area (Å²) >= 11 is 5.75. The number of aliphatic hydroxyl groups excluding tert-OH is 1. The van der Waals surface area contributed by atoms with Crippen molar-refractivity contribution < 1.29 is 23.0 Å². The molecule has 2 unspecified atom stereocenters. The van der Waals surface area contributed by atoms with Crippen LogP contribution in [-0.2, 0) is 10.9 Å². The summed E-state index contributed by atoms with van der Waals surface area (Å²) in [7, 11) is 0. The quantitative estimate of drug-likeness (QED) is 0.847.